The number of carbonyl (C=O) groups is 1. The fourth-order valence-corrected chi connectivity index (χ4v) is 3.61. The minimum atomic E-state index is -0.132. The van der Waals surface area contributed by atoms with Crippen LogP contribution in [0.3, 0.4) is 0 Å². The van der Waals surface area contributed by atoms with Crippen LogP contribution in [0.25, 0.3) is 22.2 Å². The third-order valence-corrected chi connectivity index (χ3v) is 5.18. The van der Waals surface area contributed by atoms with Gasteiger partial charge in [-0.3, -0.25) is 4.79 Å². The number of hydrogen-bond donors (Lipinski definition) is 1. The van der Waals surface area contributed by atoms with Crippen LogP contribution in [0, 0.1) is 0 Å². The van der Waals surface area contributed by atoms with E-state index < -0.39 is 0 Å². The van der Waals surface area contributed by atoms with Crippen molar-refractivity contribution in [1.82, 2.24) is 4.98 Å². The molecule has 1 heterocycles. The molecule has 132 valence electrons. The van der Waals surface area contributed by atoms with Gasteiger partial charge in [-0.1, -0.05) is 60.7 Å². The summed E-state index contributed by atoms with van der Waals surface area (Å²) in [5, 5.41) is 3.90. The Bertz CT molecular complexity index is 1110. The molecule has 1 amide bonds. The van der Waals surface area contributed by atoms with Gasteiger partial charge < -0.3 is 5.32 Å². The molecule has 0 unspecified atom stereocenters. The summed E-state index contributed by atoms with van der Waals surface area (Å²) in [5.74, 6) is -0.132. The quantitative estimate of drug-likeness (QED) is 0.456. The van der Waals surface area contributed by atoms with E-state index in [1.165, 1.54) is 0 Å². The molecule has 0 atom stereocenters. The molecule has 0 radical (unpaired) electrons. The zero-order chi connectivity index (χ0) is 18.6. The van der Waals surface area contributed by atoms with Crippen LogP contribution in [-0.4, -0.2) is 17.1 Å². The molecule has 1 N–H and O–H groups in total. The largest absolute Gasteiger partial charge is 0.321 e. The number of nitrogens with zero attached hydrogens (tertiary/aromatic N) is 1. The molecule has 0 aliphatic rings. The molecule has 4 heteroatoms. The number of rotatable bonds is 4. The van der Waals surface area contributed by atoms with Gasteiger partial charge in [-0.15, -0.1) is 11.8 Å². The van der Waals surface area contributed by atoms with Crippen LogP contribution in [-0.2, 0) is 0 Å². The molecule has 4 aromatic rings. The molecule has 1 aromatic heterocycles. The lowest BCUT2D eigenvalue weighted by molar-refractivity contribution is 0.102. The van der Waals surface area contributed by atoms with E-state index in [2.05, 4.69) is 5.32 Å². The van der Waals surface area contributed by atoms with Crippen molar-refractivity contribution in [3.63, 3.8) is 0 Å². The summed E-state index contributed by atoms with van der Waals surface area (Å²) in [5.41, 5.74) is 4.02. The van der Waals surface area contributed by atoms with Gasteiger partial charge in [0.05, 0.1) is 22.5 Å². The summed E-state index contributed by atoms with van der Waals surface area (Å²) < 4.78 is 0. The highest BCUT2D eigenvalue weighted by Crippen LogP contribution is 2.28. The van der Waals surface area contributed by atoms with Gasteiger partial charge in [0, 0.05) is 15.8 Å². The minimum Gasteiger partial charge on any atom is -0.321 e. The van der Waals surface area contributed by atoms with Crippen molar-refractivity contribution in [2.24, 2.45) is 0 Å². The molecule has 0 fully saturated rings. The fourth-order valence-electron chi connectivity index (χ4n) is 3.06. The number of pyridine rings is 1. The highest BCUT2D eigenvalue weighted by Gasteiger charge is 2.15. The van der Waals surface area contributed by atoms with Crippen LogP contribution in [0.4, 0.5) is 5.69 Å². The minimum absolute atomic E-state index is 0.132. The molecule has 0 saturated heterocycles. The molecule has 3 aromatic carbocycles. The van der Waals surface area contributed by atoms with E-state index in [1.807, 2.05) is 91.2 Å². The number of hydrogen-bond acceptors (Lipinski definition) is 3. The maximum absolute atomic E-state index is 13.1. The van der Waals surface area contributed by atoms with Gasteiger partial charge in [0.15, 0.2) is 0 Å². The average Bonchev–Trinajstić information content (AvgIpc) is 2.74. The lowest BCUT2D eigenvalue weighted by Crippen LogP contribution is -2.13. The first-order chi connectivity index (χ1) is 13.3. The topological polar surface area (TPSA) is 42.0 Å². The maximum atomic E-state index is 13.1. The molecule has 0 aliphatic heterocycles. The van der Waals surface area contributed by atoms with Crippen molar-refractivity contribution in [2.75, 3.05) is 11.6 Å². The number of aromatic nitrogens is 1. The van der Waals surface area contributed by atoms with Crippen molar-refractivity contribution >= 4 is 34.3 Å². The number of para-hydroxylation sites is 2. The Hall–Kier alpha value is -3.11. The number of carbonyl (C=O) groups excluding carboxylic acids is 1. The highest BCUT2D eigenvalue weighted by atomic mass is 32.2. The van der Waals surface area contributed by atoms with Crippen LogP contribution < -0.4 is 5.32 Å². The second-order valence-corrected chi connectivity index (χ2v) is 6.94. The second kappa shape index (κ2) is 7.64. The zero-order valence-electron chi connectivity index (χ0n) is 14.8. The third kappa shape index (κ3) is 3.57. The molecule has 0 saturated carbocycles. The summed E-state index contributed by atoms with van der Waals surface area (Å²) in [7, 11) is 0. The van der Waals surface area contributed by atoms with Crippen LogP contribution in [0.5, 0.6) is 0 Å². The third-order valence-electron chi connectivity index (χ3n) is 4.39. The number of anilines is 1. The first-order valence-corrected chi connectivity index (χ1v) is 9.88. The molecular weight excluding hydrogens is 352 g/mol. The smallest absolute Gasteiger partial charge is 0.256 e. The van der Waals surface area contributed by atoms with Gasteiger partial charge in [-0.25, -0.2) is 4.98 Å². The Balaban J connectivity index is 1.81. The highest BCUT2D eigenvalue weighted by molar-refractivity contribution is 7.98. The van der Waals surface area contributed by atoms with E-state index >= 15 is 0 Å². The van der Waals surface area contributed by atoms with Gasteiger partial charge in [0.1, 0.15) is 0 Å². The van der Waals surface area contributed by atoms with E-state index in [0.29, 0.717) is 5.56 Å². The van der Waals surface area contributed by atoms with Crippen molar-refractivity contribution < 1.29 is 4.79 Å². The number of amides is 1. The number of thioether (sulfide) groups is 1. The van der Waals surface area contributed by atoms with Gasteiger partial charge >= 0.3 is 0 Å². The van der Waals surface area contributed by atoms with E-state index in [4.69, 9.17) is 4.98 Å². The Morgan fingerprint density at radius 2 is 1.59 bits per heavy atom. The Morgan fingerprint density at radius 1 is 0.889 bits per heavy atom. The van der Waals surface area contributed by atoms with Crippen LogP contribution in [0.2, 0.25) is 0 Å². The monoisotopic (exact) mass is 370 g/mol. The second-order valence-electron chi connectivity index (χ2n) is 6.09. The summed E-state index contributed by atoms with van der Waals surface area (Å²) in [4.78, 5) is 18.9. The number of fused-ring (bicyclic) bond motifs is 1. The molecule has 0 spiro atoms. The summed E-state index contributed by atoms with van der Waals surface area (Å²) in [6, 6.07) is 27.4. The van der Waals surface area contributed by atoms with Crippen molar-refractivity contribution in [3.05, 3.63) is 90.5 Å². The van der Waals surface area contributed by atoms with E-state index in [-0.39, 0.29) is 5.91 Å². The fraction of sp³-hybridized carbons (Fsp3) is 0.0435. The molecule has 3 nitrogen and oxygen atoms in total. The number of benzene rings is 3. The van der Waals surface area contributed by atoms with E-state index in [1.54, 1.807) is 11.8 Å². The molecule has 4 rings (SSSR count). The molecule has 0 bridgehead atoms. The molecule has 0 aliphatic carbocycles. The first-order valence-electron chi connectivity index (χ1n) is 8.66. The van der Waals surface area contributed by atoms with Gasteiger partial charge in [-0.2, -0.15) is 0 Å². The summed E-state index contributed by atoms with van der Waals surface area (Å²) in [6.45, 7) is 0. The molecule has 27 heavy (non-hydrogen) atoms. The first kappa shape index (κ1) is 17.3. The van der Waals surface area contributed by atoms with Gasteiger partial charge in [0.25, 0.3) is 5.91 Å². The lowest BCUT2D eigenvalue weighted by Gasteiger charge is -2.12. The predicted molar refractivity (Wildman–Crippen MR) is 113 cm³/mol. The van der Waals surface area contributed by atoms with Crippen molar-refractivity contribution in [3.8, 4) is 11.3 Å². The SMILES string of the molecule is CSc1ccccc1NC(=O)c1cc(-c2ccccc2)nc2ccccc12. The standard InChI is InChI=1S/C23H18N2OS/c1-27-22-14-8-7-13-20(22)25-23(26)18-15-21(16-9-3-2-4-10-16)24-19-12-6-5-11-17(18)19/h2-15H,1H3,(H,25,26). The average molecular weight is 370 g/mol. The van der Waals surface area contributed by atoms with Crippen molar-refractivity contribution in [2.45, 2.75) is 4.90 Å². The van der Waals surface area contributed by atoms with E-state index in [9.17, 15) is 4.79 Å². The van der Waals surface area contributed by atoms with Gasteiger partial charge in [-0.05, 0) is 30.5 Å². The summed E-state index contributed by atoms with van der Waals surface area (Å²) in [6.07, 6.45) is 2.00. The Labute approximate surface area is 162 Å². The van der Waals surface area contributed by atoms with Crippen LogP contribution >= 0.6 is 11.8 Å². The predicted octanol–water partition coefficient (Wildman–Crippen LogP) is 5.88. The normalized spacial score (nSPS) is 10.7. The van der Waals surface area contributed by atoms with Crippen LogP contribution in [0.1, 0.15) is 10.4 Å². The maximum Gasteiger partial charge on any atom is 0.256 e. The van der Waals surface area contributed by atoms with E-state index in [0.717, 1.165) is 32.7 Å². The Kier molecular flexibility index (Phi) is 4.90. The molecular formula is C23H18N2OS. The van der Waals surface area contributed by atoms with Crippen LogP contribution in [0.15, 0.2) is 89.8 Å². The zero-order valence-corrected chi connectivity index (χ0v) is 15.7. The Morgan fingerprint density at radius 3 is 2.41 bits per heavy atom. The van der Waals surface area contributed by atoms with Gasteiger partial charge in [0.2, 0.25) is 0 Å². The van der Waals surface area contributed by atoms with Crippen molar-refractivity contribution in [1.29, 1.82) is 0 Å². The number of nitrogens with one attached hydrogen (secondary N) is 1. The summed E-state index contributed by atoms with van der Waals surface area (Å²) >= 11 is 1.61. The lowest BCUT2D eigenvalue weighted by atomic mass is 10.0.